The fraction of sp³-hybridized carbons (Fsp3) is 1.00. The van der Waals surface area contributed by atoms with Crippen molar-refractivity contribution in [3.05, 3.63) is 0 Å². The molecular weight excluding hydrogens is 257 g/mol. The van der Waals surface area contributed by atoms with Gasteiger partial charge in [-0.25, -0.2) is 0 Å². The van der Waals surface area contributed by atoms with Gasteiger partial charge in [-0.1, -0.05) is 0 Å². The Bertz CT molecular complexity index is 98.5. The van der Waals surface area contributed by atoms with Crippen LogP contribution in [-0.4, -0.2) is 32.8 Å². The van der Waals surface area contributed by atoms with Crippen LogP contribution in [0.5, 0.6) is 0 Å². The van der Waals surface area contributed by atoms with Gasteiger partial charge >= 0.3 is 84.1 Å². The van der Waals surface area contributed by atoms with Crippen molar-refractivity contribution in [3.8, 4) is 0 Å². The van der Waals surface area contributed by atoms with E-state index >= 15 is 0 Å². The van der Waals surface area contributed by atoms with Crippen molar-refractivity contribution in [2.45, 2.75) is 48.5 Å². The Morgan fingerprint density at radius 3 is 2.50 bits per heavy atom. The summed E-state index contributed by atoms with van der Waals surface area (Å²) in [7, 11) is 0. The molecule has 0 fully saturated rings. The van der Waals surface area contributed by atoms with Crippen molar-refractivity contribution in [2.24, 2.45) is 5.73 Å². The molecule has 2 N–H and O–H groups in total. The van der Waals surface area contributed by atoms with Gasteiger partial charge in [-0.15, -0.1) is 0 Å². The molecule has 0 spiro atoms. The zero-order valence-electron chi connectivity index (χ0n) is 8.60. The third-order valence-corrected chi connectivity index (χ3v) is 8.70. The number of rotatable bonds is 7. The molecule has 0 aliphatic carbocycles. The molecule has 0 rings (SSSR count). The maximum atomic E-state index is 5.73. The van der Waals surface area contributed by atoms with Crippen LogP contribution in [-0.2, 0) is 3.07 Å². The Balaban J connectivity index is 3.31. The summed E-state index contributed by atoms with van der Waals surface area (Å²) in [5.41, 5.74) is 5.68. The molecule has 0 aromatic heterocycles. The topological polar surface area (TPSA) is 35.2 Å². The fourth-order valence-electron chi connectivity index (χ4n) is 1.18. The second kappa shape index (κ2) is 8.32. The van der Waals surface area contributed by atoms with E-state index < -0.39 is 20.2 Å². The van der Waals surface area contributed by atoms with Crippen LogP contribution in [0.25, 0.3) is 0 Å². The van der Waals surface area contributed by atoms with E-state index in [4.69, 9.17) is 8.81 Å². The molecule has 2 nitrogen and oxygen atoms in total. The van der Waals surface area contributed by atoms with Gasteiger partial charge in [-0.3, -0.25) is 0 Å². The summed E-state index contributed by atoms with van der Waals surface area (Å²) in [4.78, 5) is 0. The Labute approximate surface area is 84.1 Å². The van der Waals surface area contributed by atoms with Gasteiger partial charge in [0, 0.05) is 0 Å². The van der Waals surface area contributed by atoms with E-state index in [1.165, 1.54) is 15.3 Å². The molecule has 1 unspecified atom stereocenters. The first-order valence-corrected chi connectivity index (χ1v) is 10.1. The third kappa shape index (κ3) is 7.37. The zero-order chi connectivity index (χ0) is 9.40. The molecule has 0 aromatic carbocycles. The van der Waals surface area contributed by atoms with Gasteiger partial charge in [0.15, 0.2) is 0 Å². The minimum atomic E-state index is -1.36. The van der Waals surface area contributed by atoms with E-state index in [-0.39, 0.29) is 0 Å². The van der Waals surface area contributed by atoms with E-state index in [2.05, 4.69) is 20.8 Å². The molecule has 72 valence electrons. The normalized spacial score (nSPS) is 13.0. The average molecular weight is 279 g/mol. The van der Waals surface area contributed by atoms with Crippen LogP contribution in [0, 0.1) is 0 Å². The third-order valence-electron chi connectivity index (χ3n) is 1.86. The van der Waals surface area contributed by atoms with Crippen LogP contribution in [0.3, 0.4) is 0 Å². The van der Waals surface area contributed by atoms with Crippen LogP contribution in [0.1, 0.15) is 33.6 Å². The number of hydrogen-bond donors (Lipinski definition) is 1. The van der Waals surface area contributed by atoms with Crippen LogP contribution in [0.4, 0.5) is 0 Å². The second-order valence-corrected chi connectivity index (χ2v) is 10.5. The Kier molecular flexibility index (Phi) is 8.82. The second-order valence-electron chi connectivity index (χ2n) is 3.19. The average Bonchev–Trinajstić information content (AvgIpc) is 2.02. The molecule has 12 heavy (non-hydrogen) atoms. The number of nitrogens with two attached hydrogens (primary N) is 1. The van der Waals surface area contributed by atoms with E-state index in [0.717, 1.165) is 13.0 Å². The molecule has 0 aliphatic heterocycles. The van der Waals surface area contributed by atoms with Crippen LogP contribution >= 0.6 is 0 Å². The van der Waals surface area contributed by atoms with Crippen molar-refractivity contribution in [1.29, 1.82) is 0 Å². The SMILES string of the molecule is CC[O][Sn+]([CH2]C)[CH2]CCC(C)N. The summed E-state index contributed by atoms with van der Waals surface area (Å²) in [5, 5.41) is 0. The van der Waals surface area contributed by atoms with Crippen molar-refractivity contribution in [1.82, 2.24) is 0 Å². The standard InChI is InChI=1S/C5H12N.C2H5O.C2H5.Sn/c1-3-4-5(2)6;1-2-3;1-2;/h5H,1,3-4,6H2,2H3;2H2,1H3;1H2,2H3;/q;-1;;+2. The van der Waals surface area contributed by atoms with E-state index in [9.17, 15) is 0 Å². The fourth-order valence-corrected chi connectivity index (χ4v) is 6.05. The van der Waals surface area contributed by atoms with E-state index in [1.54, 1.807) is 0 Å². The van der Waals surface area contributed by atoms with Crippen molar-refractivity contribution >= 4 is 20.2 Å². The predicted octanol–water partition coefficient (Wildman–Crippen LogP) is 2.16. The number of hydrogen-bond acceptors (Lipinski definition) is 2. The first-order chi connectivity index (χ1) is 5.70. The summed E-state index contributed by atoms with van der Waals surface area (Å²) >= 11 is -1.36. The molecule has 0 heterocycles. The Hall–Kier alpha value is 0.719. The molecule has 0 radical (unpaired) electrons. The summed E-state index contributed by atoms with van der Waals surface area (Å²) in [6.45, 7) is 7.36. The quantitative estimate of drug-likeness (QED) is 0.725. The van der Waals surface area contributed by atoms with Crippen LogP contribution in [0.15, 0.2) is 0 Å². The molecule has 0 aliphatic rings. The summed E-state index contributed by atoms with van der Waals surface area (Å²) in [6, 6.07) is 0.369. The molecule has 0 amide bonds. The molecule has 1 atom stereocenters. The van der Waals surface area contributed by atoms with Crippen molar-refractivity contribution in [3.63, 3.8) is 0 Å². The minimum absolute atomic E-state index is 0.369. The van der Waals surface area contributed by atoms with Crippen molar-refractivity contribution in [2.75, 3.05) is 6.61 Å². The van der Waals surface area contributed by atoms with Gasteiger partial charge in [-0.05, 0) is 0 Å². The summed E-state index contributed by atoms with van der Waals surface area (Å²) in [6.07, 6.45) is 2.44. The molecule has 0 saturated heterocycles. The first kappa shape index (κ1) is 12.7. The summed E-state index contributed by atoms with van der Waals surface area (Å²) < 4.78 is 8.40. The first-order valence-electron chi connectivity index (χ1n) is 4.93. The Morgan fingerprint density at radius 2 is 2.08 bits per heavy atom. The van der Waals surface area contributed by atoms with Gasteiger partial charge in [0.1, 0.15) is 0 Å². The van der Waals surface area contributed by atoms with Gasteiger partial charge < -0.3 is 0 Å². The Morgan fingerprint density at radius 1 is 1.42 bits per heavy atom. The molecule has 0 bridgehead atoms. The van der Waals surface area contributed by atoms with E-state index in [1.807, 2.05) is 0 Å². The monoisotopic (exact) mass is 280 g/mol. The maximum absolute atomic E-state index is 5.73. The molecular formula is C9H22NOSn+. The van der Waals surface area contributed by atoms with Gasteiger partial charge in [0.05, 0.1) is 0 Å². The van der Waals surface area contributed by atoms with Crippen LogP contribution < -0.4 is 5.73 Å². The molecule has 0 saturated carbocycles. The molecule has 0 aromatic rings. The molecule has 3 heteroatoms. The summed E-state index contributed by atoms with van der Waals surface area (Å²) in [5.74, 6) is 0. The van der Waals surface area contributed by atoms with Crippen LogP contribution in [0.2, 0.25) is 8.87 Å². The van der Waals surface area contributed by atoms with Gasteiger partial charge in [-0.2, -0.15) is 0 Å². The zero-order valence-corrected chi connectivity index (χ0v) is 11.5. The van der Waals surface area contributed by atoms with Gasteiger partial charge in [0.2, 0.25) is 0 Å². The predicted molar refractivity (Wildman–Crippen MR) is 55.6 cm³/mol. The van der Waals surface area contributed by atoms with E-state index in [0.29, 0.717) is 6.04 Å². The van der Waals surface area contributed by atoms with Gasteiger partial charge in [0.25, 0.3) is 0 Å². The van der Waals surface area contributed by atoms with Crippen molar-refractivity contribution < 1.29 is 3.07 Å².